The monoisotopic (exact) mass is 386 g/mol. The maximum absolute atomic E-state index is 11.6. The third kappa shape index (κ3) is 3.82. The Morgan fingerprint density at radius 1 is 1.22 bits per heavy atom. The van der Waals surface area contributed by atoms with Crippen LogP contribution in [0.3, 0.4) is 0 Å². The van der Waals surface area contributed by atoms with Gasteiger partial charge in [-0.05, 0) is 49.6 Å². The smallest absolute Gasteiger partial charge is 0.219 e. The van der Waals surface area contributed by atoms with Crippen molar-refractivity contribution in [1.82, 2.24) is 9.80 Å². The van der Waals surface area contributed by atoms with Crippen LogP contribution in [0.4, 0.5) is 0 Å². The van der Waals surface area contributed by atoms with Crippen molar-refractivity contribution in [1.29, 1.82) is 0 Å². The van der Waals surface area contributed by atoms with Crippen LogP contribution in [0.1, 0.15) is 30.2 Å². The van der Waals surface area contributed by atoms with Crippen LogP contribution >= 0.6 is 11.3 Å². The third-order valence-electron chi connectivity index (χ3n) is 5.60. The van der Waals surface area contributed by atoms with E-state index in [4.69, 9.17) is 4.74 Å². The van der Waals surface area contributed by atoms with Crippen molar-refractivity contribution >= 4 is 17.2 Å². The SMILES string of the molecule is CC(=O)N1CCC(N2CCOc3c(O)cc(-c4ccc(C)s4)cc3C2)CC1. The number of phenolic OH excluding ortho intramolecular Hbond substituents is 1. The Bertz CT molecular complexity index is 840. The number of carbonyl (C=O) groups excluding carboxylic acids is 1. The van der Waals surface area contributed by atoms with Crippen LogP contribution < -0.4 is 4.74 Å². The summed E-state index contributed by atoms with van der Waals surface area (Å²) in [6.07, 6.45) is 1.98. The molecule has 1 aromatic heterocycles. The maximum atomic E-state index is 11.6. The summed E-state index contributed by atoms with van der Waals surface area (Å²) in [6, 6.07) is 8.63. The summed E-state index contributed by atoms with van der Waals surface area (Å²) in [6.45, 7) is 7.57. The molecule has 2 aliphatic heterocycles. The summed E-state index contributed by atoms with van der Waals surface area (Å²) >= 11 is 1.73. The van der Waals surface area contributed by atoms with E-state index in [1.165, 1.54) is 4.88 Å². The Labute approximate surface area is 164 Å². The van der Waals surface area contributed by atoms with E-state index in [9.17, 15) is 9.90 Å². The van der Waals surface area contributed by atoms with Crippen LogP contribution in [0.15, 0.2) is 24.3 Å². The molecule has 144 valence electrons. The summed E-state index contributed by atoms with van der Waals surface area (Å²) in [5, 5.41) is 10.5. The van der Waals surface area contributed by atoms with Crippen molar-refractivity contribution in [2.75, 3.05) is 26.2 Å². The highest BCUT2D eigenvalue weighted by molar-refractivity contribution is 7.15. The molecule has 0 aliphatic carbocycles. The first-order valence-corrected chi connectivity index (χ1v) is 10.4. The van der Waals surface area contributed by atoms with Crippen LogP contribution in [0.5, 0.6) is 11.5 Å². The Kier molecular flexibility index (Phi) is 5.10. The number of amides is 1. The standard InChI is InChI=1S/C21H26N2O3S/c1-14-3-4-20(27-14)16-11-17-13-23(9-10-26-21(17)19(25)12-16)18-5-7-22(8-6-18)15(2)24/h3-4,11-12,18,25H,5-10,13H2,1-2H3. The fourth-order valence-corrected chi connectivity index (χ4v) is 4.96. The summed E-state index contributed by atoms with van der Waals surface area (Å²) in [5.41, 5.74) is 2.09. The zero-order chi connectivity index (χ0) is 19.0. The number of ether oxygens (including phenoxy) is 1. The van der Waals surface area contributed by atoms with Gasteiger partial charge in [-0.1, -0.05) is 0 Å². The van der Waals surface area contributed by atoms with Crippen molar-refractivity contribution in [3.63, 3.8) is 0 Å². The van der Waals surface area contributed by atoms with E-state index >= 15 is 0 Å². The second-order valence-corrected chi connectivity index (χ2v) is 8.74. The first-order chi connectivity index (χ1) is 13.0. The zero-order valence-corrected chi connectivity index (χ0v) is 16.7. The lowest BCUT2D eigenvalue weighted by Gasteiger charge is -2.37. The number of fused-ring (bicyclic) bond motifs is 1. The second kappa shape index (κ2) is 7.52. The Hall–Kier alpha value is -2.05. The fourth-order valence-electron chi connectivity index (χ4n) is 4.11. The molecular weight excluding hydrogens is 360 g/mol. The van der Waals surface area contributed by atoms with Crippen molar-refractivity contribution < 1.29 is 14.6 Å². The number of phenols is 1. The topological polar surface area (TPSA) is 53.0 Å². The summed E-state index contributed by atoms with van der Waals surface area (Å²) in [4.78, 5) is 18.4. The van der Waals surface area contributed by atoms with Gasteiger partial charge in [-0.25, -0.2) is 0 Å². The number of carbonyl (C=O) groups is 1. The predicted octanol–water partition coefficient (Wildman–Crippen LogP) is 3.63. The molecule has 1 N–H and O–H groups in total. The Morgan fingerprint density at radius 2 is 2.00 bits per heavy atom. The minimum absolute atomic E-state index is 0.166. The Morgan fingerprint density at radius 3 is 2.67 bits per heavy atom. The number of hydrogen-bond acceptors (Lipinski definition) is 5. The van der Waals surface area contributed by atoms with E-state index in [0.29, 0.717) is 18.4 Å². The van der Waals surface area contributed by atoms with Gasteiger partial charge in [-0.2, -0.15) is 0 Å². The van der Waals surface area contributed by atoms with E-state index < -0.39 is 0 Å². The van der Waals surface area contributed by atoms with Crippen LogP contribution in [-0.4, -0.2) is 53.1 Å². The molecule has 1 amide bonds. The molecule has 0 bridgehead atoms. The summed E-state index contributed by atoms with van der Waals surface area (Å²) < 4.78 is 5.90. The molecule has 0 atom stereocenters. The van der Waals surface area contributed by atoms with Crippen molar-refractivity contribution in [2.24, 2.45) is 0 Å². The van der Waals surface area contributed by atoms with Gasteiger partial charge in [0.25, 0.3) is 0 Å². The summed E-state index contributed by atoms with van der Waals surface area (Å²) in [7, 11) is 0. The van der Waals surface area contributed by atoms with Crippen LogP contribution in [0, 0.1) is 6.92 Å². The van der Waals surface area contributed by atoms with Gasteiger partial charge in [0.05, 0.1) is 0 Å². The lowest BCUT2D eigenvalue weighted by Crippen LogP contribution is -2.46. The van der Waals surface area contributed by atoms with Gasteiger partial charge >= 0.3 is 0 Å². The maximum Gasteiger partial charge on any atom is 0.219 e. The number of likely N-dealkylation sites (tertiary alicyclic amines) is 1. The average Bonchev–Trinajstić information content (AvgIpc) is 2.97. The number of piperidine rings is 1. The number of thiophene rings is 1. The van der Waals surface area contributed by atoms with E-state index in [1.54, 1.807) is 18.3 Å². The van der Waals surface area contributed by atoms with Gasteiger partial charge in [0.2, 0.25) is 5.91 Å². The highest BCUT2D eigenvalue weighted by Crippen LogP contribution is 2.40. The van der Waals surface area contributed by atoms with Crippen molar-refractivity contribution in [3.8, 4) is 21.9 Å². The number of nitrogens with zero attached hydrogens (tertiary/aromatic N) is 2. The van der Waals surface area contributed by atoms with Crippen LogP contribution in [-0.2, 0) is 11.3 Å². The molecule has 0 unspecified atom stereocenters. The van der Waals surface area contributed by atoms with Gasteiger partial charge in [0.1, 0.15) is 6.61 Å². The van der Waals surface area contributed by atoms with E-state index in [0.717, 1.165) is 55.0 Å². The lowest BCUT2D eigenvalue weighted by molar-refractivity contribution is -0.130. The molecule has 1 saturated heterocycles. The van der Waals surface area contributed by atoms with Crippen molar-refractivity contribution in [3.05, 3.63) is 34.7 Å². The highest BCUT2D eigenvalue weighted by Gasteiger charge is 2.28. The third-order valence-corrected chi connectivity index (χ3v) is 6.65. The average molecular weight is 387 g/mol. The highest BCUT2D eigenvalue weighted by atomic mass is 32.1. The van der Waals surface area contributed by atoms with E-state index in [2.05, 4.69) is 30.0 Å². The van der Waals surface area contributed by atoms with E-state index in [-0.39, 0.29) is 11.7 Å². The minimum Gasteiger partial charge on any atom is -0.504 e. The molecule has 6 heteroatoms. The molecule has 2 aromatic rings. The largest absolute Gasteiger partial charge is 0.504 e. The molecule has 4 rings (SSSR count). The zero-order valence-electron chi connectivity index (χ0n) is 15.9. The van der Waals surface area contributed by atoms with Gasteiger partial charge in [-0.15, -0.1) is 11.3 Å². The predicted molar refractivity (Wildman–Crippen MR) is 107 cm³/mol. The fraction of sp³-hybridized carbons (Fsp3) is 0.476. The van der Waals surface area contributed by atoms with Gasteiger partial charge in [0, 0.05) is 54.5 Å². The molecule has 0 spiro atoms. The van der Waals surface area contributed by atoms with Gasteiger partial charge < -0.3 is 14.7 Å². The number of rotatable bonds is 2. The minimum atomic E-state index is 0.166. The lowest BCUT2D eigenvalue weighted by atomic mass is 10.0. The molecule has 0 saturated carbocycles. The first-order valence-electron chi connectivity index (χ1n) is 9.56. The van der Waals surface area contributed by atoms with Crippen LogP contribution in [0.2, 0.25) is 0 Å². The molecule has 2 aliphatic rings. The molecule has 3 heterocycles. The molecule has 27 heavy (non-hydrogen) atoms. The molecule has 1 fully saturated rings. The first kappa shape index (κ1) is 18.3. The Balaban J connectivity index is 1.56. The number of aromatic hydroxyl groups is 1. The molecule has 0 radical (unpaired) electrons. The van der Waals surface area contributed by atoms with E-state index in [1.807, 2.05) is 11.0 Å². The normalized spacial score (nSPS) is 18.7. The van der Waals surface area contributed by atoms with Crippen LogP contribution in [0.25, 0.3) is 10.4 Å². The summed E-state index contributed by atoms with van der Waals surface area (Å²) in [5.74, 6) is 1.01. The van der Waals surface area contributed by atoms with Gasteiger partial charge in [0.15, 0.2) is 11.5 Å². The number of benzene rings is 1. The second-order valence-electron chi connectivity index (χ2n) is 7.45. The quantitative estimate of drug-likeness (QED) is 0.856. The van der Waals surface area contributed by atoms with Crippen molar-refractivity contribution in [2.45, 2.75) is 39.3 Å². The molecular formula is C21H26N2O3S. The number of hydrogen-bond donors (Lipinski definition) is 1. The van der Waals surface area contributed by atoms with Gasteiger partial charge in [-0.3, -0.25) is 9.69 Å². The number of aryl methyl sites for hydroxylation is 1. The molecule has 5 nitrogen and oxygen atoms in total. The molecule has 1 aromatic carbocycles.